The predicted molar refractivity (Wildman–Crippen MR) is 98.3 cm³/mol. The molecule has 1 atom stereocenters. The minimum atomic E-state index is 0.368. The van der Waals surface area contributed by atoms with Crippen LogP contribution in [0.4, 0.5) is 0 Å². The molecule has 0 saturated carbocycles. The molecule has 4 heteroatoms. The SMILES string of the molecule is Brc1ccc(C#CCOc2ccc(OC[C@H]3CCC[NH2+]3)cc2)cc1. The van der Waals surface area contributed by atoms with Crippen molar-refractivity contribution in [2.24, 2.45) is 0 Å². The molecular formula is C20H21BrNO2+. The highest BCUT2D eigenvalue weighted by Crippen LogP contribution is 2.18. The lowest BCUT2D eigenvalue weighted by molar-refractivity contribution is -0.670. The van der Waals surface area contributed by atoms with Crippen molar-refractivity contribution in [1.29, 1.82) is 0 Å². The largest absolute Gasteiger partial charge is 0.487 e. The summed E-state index contributed by atoms with van der Waals surface area (Å²) in [4.78, 5) is 0. The van der Waals surface area contributed by atoms with E-state index in [0.717, 1.165) is 28.1 Å². The van der Waals surface area contributed by atoms with E-state index < -0.39 is 0 Å². The average Bonchev–Trinajstić information content (AvgIpc) is 3.13. The predicted octanol–water partition coefficient (Wildman–Crippen LogP) is 2.98. The third-order valence-corrected chi connectivity index (χ3v) is 4.48. The number of benzene rings is 2. The van der Waals surface area contributed by atoms with E-state index in [9.17, 15) is 0 Å². The van der Waals surface area contributed by atoms with E-state index in [1.807, 2.05) is 48.5 Å². The lowest BCUT2D eigenvalue weighted by Gasteiger charge is -2.10. The molecule has 0 aromatic heterocycles. The smallest absolute Gasteiger partial charge is 0.149 e. The van der Waals surface area contributed by atoms with Crippen LogP contribution in [0.2, 0.25) is 0 Å². The highest BCUT2D eigenvalue weighted by molar-refractivity contribution is 9.10. The maximum Gasteiger partial charge on any atom is 0.149 e. The van der Waals surface area contributed by atoms with Crippen LogP contribution in [0.1, 0.15) is 18.4 Å². The zero-order chi connectivity index (χ0) is 16.6. The zero-order valence-electron chi connectivity index (χ0n) is 13.5. The molecule has 1 heterocycles. The van der Waals surface area contributed by atoms with Gasteiger partial charge in [0.1, 0.15) is 30.8 Å². The molecule has 1 saturated heterocycles. The van der Waals surface area contributed by atoms with Crippen LogP contribution >= 0.6 is 15.9 Å². The van der Waals surface area contributed by atoms with Crippen LogP contribution in [0, 0.1) is 11.8 Å². The van der Waals surface area contributed by atoms with Gasteiger partial charge in [0.25, 0.3) is 0 Å². The first-order chi connectivity index (χ1) is 11.8. The summed E-state index contributed by atoms with van der Waals surface area (Å²) in [5.41, 5.74) is 0.981. The van der Waals surface area contributed by atoms with Crippen molar-refractivity contribution in [3.8, 4) is 23.3 Å². The second kappa shape index (κ2) is 8.77. The molecule has 3 rings (SSSR count). The van der Waals surface area contributed by atoms with E-state index in [1.165, 1.54) is 19.4 Å². The topological polar surface area (TPSA) is 35.1 Å². The number of ether oxygens (including phenoxy) is 2. The highest BCUT2D eigenvalue weighted by Gasteiger charge is 2.18. The molecule has 0 bridgehead atoms. The Kier molecular flexibility index (Phi) is 6.17. The fourth-order valence-corrected chi connectivity index (χ4v) is 2.89. The van der Waals surface area contributed by atoms with Crippen molar-refractivity contribution >= 4 is 15.9 Å². The summed E-state index contributed by atoms with van der Waals surface area (Å²) in [6.45, 7) is 2.37. The van der Waals surface area contributed by atoms with Gasteiger partial charge >= 0.3 is 0 Å². The summed E-state index contributed by atoms with van der Waals surface area (Å²) in [6, 6.07) is 16.3. The van der Waals surface area contributed by atoms with Crippen molar-refractivity contribution in [2.75, 3.05) is 19.8 Å². The minimum absolute atomic E-state index is 0.368. The van der Waals surface area contributed by atoms with Gasteiger partial charge in [-0.15, -0.1) is 0 Å². The molecule has 2 aromatic rings. The molecule has 0 radical (unpaired) electrons. The lowest BCUT2D eigenvalue weighted by Crippen LogP contribution is -2.87. The van der Waals surface area contributed by atoms with Gasteiger partial charge in [0.2, 0.25) is 0 Å². The first kappa shape index (κ1) is 16.9. The quantitative estimate of drug-likeness (QED) is 0.801. The lowest BCUT2D eigenvalue weighted by atomic mass is 10.2. The van der Waals surface area contributed by atoms with Crippen molar-refractivity contribution in [2.45, 2.75) is 18.9 Å². The second-order valence-corrected chi connectivity index (χ2v) is 6.72. The minimum Gasteiger partial charge on any atom is -0.487 e. The van der Waals surface area contributed by atoms with E-state index >= 15 is 0 Å². The molecule has 0 unspecified atom stereocenters. The summed E-state index contributed by atoms with van der Waals surface area (Å²) >= 11 is 3.41. The van der Waals surface area contributed by atoms with Gasteiger partial charge in [0.05, 0.1) is 6.54 Å². The van der Waals surface area contributed by atoms with Gasteiger partial charge < -0.3 is 14.8 Å². The van der Waals surface area contributed by atoms with Crippen molar-refractivity contribution in [3.05, 3.63) is 58.6 Å². The maximum absolute atomic E-state index is 5.82. The Morgan fingerprint density at radius 2 is 1.71 bits per heavy atom. The molecule has 124 valence electrons. The number of halogens is 1. The fraction of sp³-hybridized carbons (Fsp3) is 0.300. The maximum atomic E-state index is 5.82. The van der Waals surface area contributed by atoms with Crippen LogP contribution in [-0.4, -0.2) is 25.8 Å². The number of hydrogen-bond donors (Lipinski definition) is 1. The molecule has 2 aromatic carbocycles. The molecule has 3 nitrogen and oxygen atoms in total. The Bertz CT molecular complexity index is 695. The van der Waals surface area contributed by atoms with E-state index in [0.29, 0.717) is 12.6 Å². The summed E-state index contributed by atoms with van der Waals surface area (Å²) in [7, 11) is 0. The van der Waals surface area contributed by atoms with Gasteiger partial charge in [-0.1, -0.05) is 27.8 Å². The highest BCUT2D eigenvalue weighted by atomic mass is 79.9. The van der Waals surface area contributed by atoms with Crippen molar-refractivity contribution < 1.29 is 14.8 Å². The molecule has 1 aliphatic rings. The van der Waals surface area contributed by atoms with Crippen LogP contribution in [0.15, 0.2) is 53.0 Å². The van der Waals surface area contributed by atoms with Crippen LogP contribution < -0.4 is 14.8 Å². The van der Waals surface area contributed by atoms with Crippen molar-refractivity contribution in [1.82, 2.24) is 0 Å². The van der Waals surface area contributed by atoms with Crippen LogP contribution in [0.25, 0.3) is 0 Å². The Morgan fingerprint density at radius 1 is 1.00 bits per heavy atom. The summed E-state index contributed by atoms with van der Waals surface area (Å²) < 4.78 is 12.5. The van der Waals surface area contributed by atoms with Crippen molar-refractivity contribution in [3.63, 3.8) is 0 Å². The van der Waals surface area contributed by atoms with Crippen LogP contribution in [-0.2, 0) is 0 Å². The molecular weight excluding hydrogens is 366 g/mol. The van der Waals surface area contributed by atoms with Gasteiger partial charge in [0, 0.05) is 22.9 Å². The Balaban J connectivity index is 1.43. The fourth-order valence-electron chi connectivity index (χ4n) is 2.63. The van der Waals surface area contributed by atoms with E-state index in [2.05, 4.69) is 33.1 Å². The van der Waals surface area contributed by atoms with E-state index in [4.69, 9.17) is 9.47 Å². The molecule has 0 aliphatic carbocycles. The number of nitrogens with two attached hydrogens (primary N) is 1. The Morgan fingerprint density at radius 3 is 2.38 bits per heavy atom. The number of hydrogen-bond acceptors (Lipinski definition) is 2. The summed E-state index contributed by atoms with van der Waals surface area (Å²) in [5.74, 6) is 7.80. The van der Waals surface area contributed by atoms with Gasteiger partial charge in [-0.3, -0.25) is 0 Å². The van der Waals surface area contributed by atoms with Gasteiger partial charge in [0.15, 0.2) is 0 Å². The third-order valence-electron chi connectivity index (χ3n) is 3.95. The normalized spacial score (nSPS) is 16.3. The Labute approximate surface area is 151 Å². The number of quaternary nitrogens is 1. The summed E-state index contributed by atoms with van der Waals surface area (Å²) in [6.07, 6.45) is 2.54. The first-order valence-electron chi connectivity index (χ1n) is 8.23. The molecule has 2 N–H and O–H groups in total. The molecule has 1 aliphatic heterocycles. The van der Waals surface area contributed by atoms with Crippen LogP contribution in [0.5, 0.6) is 11.5 Å². The zero-order valence-corrected chi connectivity index (χ0v) is 15.1. The second-order valence-electron chi connectivity index (χ2n) is 5.81. The van der Waals surface area contributed by atoms with Crippen LogP contribution in [0.3, 0.4) is 0 Å². The monoisotopic (exact) mass is 386 g/mol. The first-order valence-corrected chi connectivity index (χ1v) is 9.02. The standard InChI is InChI=1S/C20H20BrNO2/c21-17-7-5-16(6-8-17)3-2-14-23-19-9-11-20(12-10-19)24-15-18-4-1-13-22-18/h5-12,18,22H,1,4,13-15H2/p+1/t18-/m1/s1. The molecule has 0 amide bonds. The third kappa shape index (κ3) is 5.30. The van der Waals surface area contributed by atoms with Gasteiger partial charge in [-0.25, -0.2) is 0 Å². The Hall–Kier alpha value is -1.96. The average molecular weight is 387 g/mol. The molecule has 24 heavy (non-hydrogen) atoms. The van der Waals surface area contributed by atoms with Gasteiger partial charge in [-0.2, -0.15) is 0 Å². The van der Waals surface area contributed by atoms with E-state index in [1.54, 1.807) is 0 Å². The number of rotatable bonds is 5. The van der Waals surface area contributed by atoms with E-state index in [-0.39, 0.29) is 0 Å². The molecule has 0 spiro atoms. The molecule has 1 fully saturated rings. The van der Waals surface area contributed by atoms with Gasteiger partial charge in [-0.05, 0) is 48.5 Å². The summed E-state index contributed by atoms with van der Waals surface area (Å²) in [5, 5.41) is 2.36.